The zero-order valence-electron chi connectivity index (χ0n) is 20.2. The highest BCUT2D eigenvalue weighted by molar-refractivity contribution is 8.00. The number of ether oxygens (including phenoxy) is 1. The molecule has 1 fully saturated rings. The number of aromatic nitrogens is 2. The Labute approximate surface area is 216 Å². The van der Waals surface area contributed by atoms with E-state index in [1.54, 1.807) is 24.4 Å². The van der Waals surface area contributed by atoms with Crippen LogP contribution in [-0.4, -0.2) is 69.8 Å². The zero-order valence-corrected chi connectivity index (χ0v) is 21.0. The maximum absolute atomic E-state index is 14.7. The summed E-state index contributed by atoms with van der Waals surface area (Å²) in [5, 5.41) is 16.4. The number of rotatable bonds is 6. The van der Waals surface area contributed by atoms with E-state index in [1.807, 2.05) is 4.90 Å². The molecule has 0 spiro atoms. The van der Waals surface area contributed by atoms with E-state index in [2.05, 4.69) is 20.6 Å². The summed E-state index contributed by atoms with van der Waals surface area (Å²) in [6.45, 7) is 1.07. The molecule has 0 bridgehead atoms. The minimum atomic E-state index is -1.12. The predicted octanol–water partition coefficient (Wildman–Crippen LogP) is 2.29. The number of piperidine rings is 1. The number of hydrogen-bond donors (Lipinski definition) is 4. The molecule has 3 aromatic rings. The van der Waals surface area contributed by atoms with Gasteiger partial charge in [-0.1, -0.05) is 0 Å². The van der Waals surface area contributed by atoms with Gasteiger partial charge in [-0.3, -0.25) is 14.6 Å². The number of nitrogens with zero attached hydrogens (tertiary/aromatic N) is 3. The number of methoxy groups -OCH3 is 1. The Kier molecular flexibility index (Phi) is 6.99. The fourth-order valence-electron chi connectivity index (χ4n) is 4.55. The van der Waals surface area contributed by atoms with E-state index < -0.39 is 17.5 Å². The molecule has 0 aliphatic carbocycles. The van der Waals surface area contributed by atoms with Gasteiger partial charge in [0, 0.05) is 42.4 Å². The third kappa shape index (κ3) is 5.23. The molecule has 1 unspecified atom stereocenters. The van der Waals surface area contributed by atoms with E-state index in [1.165, 1.54) is 31.0 Å². The minimum Gasteiger partial charge on any atom is -0.481 e. The van der Waals surface area contributed by atoms with Crippen molar-refractivity contribution in [3.63, 3.8) is 0 Å². The normalized spacial score (nSPS) is 18.1. The van der Waals surface area contributed by atoms with E-state index in [0.29, 0.717) is 59.1 Å². The van der Waals surface area contributed by atoms with Crippen molar-refractivity contribution in [2.24, 2.45) is 5.73 Å². The van der Waals surface area contributed by atoms with Crippen molar-refractivity contribution in [3.05, 3.63) is 47.9 Å². The van der Waals surface area contributed by atoms with Gasteiger partial charge >= 0.3 is 0 Å². The zero-order chi connectivity index (χ0) is 26.2. The SMILES string of the molecule is COc1ccc2nccc(NC(=O)C3(N)CCN(CC(O)c4cc5c(cc4F)SCC(=O)N5)CC3)c2n1. The minimum absolute atomic E-state index is 0.122. The Balaban J connectivity index is 1.23. The number of pyridine rings is 2. The van der Waals surface area contributed by atoms with Crippen LogP contribution in [0.5, 0.6) is 5.88 Å². The summed E-state index contributed by atoms with van der Waals surface area (Å²) >= 11 is 1.26. The van der Waals surface area contributed by atoms with Crippen LogP contribution in [0.25, 0.3) is 11.0 Å². The molecule has 5 rings (SSSR count). The maximum atomic E-state index is 14.7. The summed E-state index contributed by atoms with van der Waals surface area (Å²) in [5.74, 6) is -0.374. The lowest BCUT2D eigenvalue weighted by molar-refractivity contribution is -0.123. The van der Waals surface area contributed by atoms with Crippen molar-refractivity contribution in [3.8, 4) is 5.88 Å². The van der Waals surface area contributed by atoms with Crippen LogP contribution in [-0.2, 0) is 9.59 Å². The van der Waals surface area contributed by atoms with Crippen LogP contribution in [0.3, 0.4) is 0 Å². The van der Waals surface area contributed by atoms with Crippen molar-refractivity contribution >= 4 is 46.0 Å². The van der Waals surface area contributed by atoms with Gasteiger partial charge in [-0.05, 0) is 37.1 Å². The number of β-amino-alcohol motifs (C(OH)–C–C–N with tert-alkyl or cyclic N) is 1. The number of amides is 2. The first-order valence-electron chi connectivity index (χ1n) is 11.8. The summed E-state index contributed by atoms with van der Waals surface area (Å²) in [6.07, 6.45) is 1.19. The maximum Gasteiger partial charge on any atom is 0.244 e. The summed E-state index contributed by atoms with van der Waals surface area (Å²) in [7, 11) is 1.51. The van der Waals surface area contributed by atoms with Crippen LogP contribution in [0.2, 0.25) is 0 Å². The van der Waals surface area contributed by atoms with E-state index >= 15 is 0 Å². The third-order valence-electron chi connectivity index (χ3n) is 6.74. The van der Waals surface area contributed by atoms with Crippen molar-refractivity contribution in [2.45, 2.75) is 29.4 Å². The highest BCUT2D eigenvalue weighted by Crippen LogP contribution is 2.35. The molecular formula is C25H27FN6O4S. The molecule has 1 aromatic carbocycles. The first kappa shape index (κ1) is 25.3. The standard InChI is InChI=1S/C25H27FN6O4S/c1-36-22-3-2-16-23(31-22)17(4-7-28-16)30-24(35)25(27)5-8-32(9-6-25)12-19(33)14-10-18-20(11-15(14)26)37-13-21(34)29-18/h2-4,7,10-11,19,33H,5-6,8-9,12-13,27H2,1H3,(H,29,34)(H,28,30,35). The first-order valence-corrected chi connectivity index (χ1v) is 12.8. The molecule has 37 heavy (non-hydrogen) atoms. The molecule has 0 radical (unpaired) electrons. The first-order chi connectivity index (χ1) is 17.8. The average Bonchev–Trinajstić information content (AvgIpc) is 2.89. The number of nitrogens with two attached hydrogens (primary N) is 1. The second-order valence-corrected chi connectivity index (χ2v) is 10.2. The molecule has 2 amide bonds. The van der Waals surface area contributed by atoms with Crippen LogP contribution in [0.1, 0.15) is 24.5 Å². The largest absolute Gasteiger partial charge is 0.481 e. The molecule has 194 valence electrons. The molecule has 2 aliphatic heterocycles. The lowest BCUT2D eigenvalue weighted by atomic mass is 9.87. The molecule has 1 atom stereocenters. The molecule has 5 N–H and O–H groups in total. The summed E-state index contributed by atoms with van der Waals surface area (Å²) < 4.78 is 19.9. The van der Waals surface area contributed by atoms with Crippen LogP contribution in [0.4, 0.5) is 15.8 Å². The van der Waals surface area contributed by atoms with Gasteiger partial charge in [0.1, 0.15) is 11.3 Å². The molecule has 2 aliphatic rings. The summed E-state index contributed by atoms with van der Waals surface area (Å²) in [4.78, 5) is 36.1. The highest BCUT2D eigenvalue weighted by Gasteiger charge is 2.38. The van der Waals surface area contributed by atoms with E-state index in [0.717, 1.165) is 0 Å². The quantitative estimate of drug-likeness (QED) is 0.380. The number of hydrogen-bond acceptors (Lipinski definition) is 9. The van der Waals surface area contributed by atoms with Gasteiger partial charge < -0.3 is 31.1 Å². The number of aliphatic hydroxyl groups excluding tert-OH is 1. The second kappa shape index (κ2) is 10.2. The van der Waals surface area contributed by atoms with Gasteiger partial charge in [-0.2, -0.15) is 0 Å². The Hall–Kier alpha value is -3.32. The number of nitrogens with one attached hydrogen (secondary N) is 2. The topological polar surface area (TPSA) is 143 Å². The molecule has 0 saturated carbocycles. The number of aliphatic hydroxyl groups is 1. The molecule has 1 saturated heterocycles. The highest BCUT2D eigenvalue weighted by atomic mass is 32.2. The molecule has 12 heteroatoms. The van der Waals surface area contributed by atoms with E-state index in [9.17, 15) is 19.1 Å². The van der Waals surface area contributed by atoms with Crippen LogP contribution in [0, 0.1) is 5.82 Å². The van der Waals surface area contributed by atoms with Crippen molar-refractivity contribution in [1.29, 1.82) is 0 Å². The van der Waals surface area contributed by atoms with Crippen molar-refractivity contribution in [2.75, 3.05) is 43.1 Å². The number of halogens is 1. The fraction of sp³-hybridized carbons (Fsp3) is 0.360. The number of thioether (sulfide) groups is 1. The number of likely N-dealkylation sites (tertiary alicyclic amines) is 1. The number of carbonyl (C=O) groups is 2. The van der Waals surface area contributed by atoms with Gasteiger partial charge in [0.05, 0.1) is 41.4 Å². The van der Waals surface area contributed by atoms with Crippen molar-refractivity contribution < 1.29 is 23.8 Å². The Morgan fingerprint density at radius 2 is 2.14 bits per heavy atom. The lowest BCUT2D eigenvalue weighted by Gasteiger charge is -2.38. The van der Waals surface area contributed by atoms with E-state index in [-0.39, 0.29) is 29.7 Å². The summed E-state index contributed by atoms with van der Waals surface area (Å²) in [6, 6.07) is 7.95. The van der Waals surface area contributed by atoms with Gasteiger partial charge in [-0.15, -0.1) is 11.8 Å². The molecular weight excluding hydrogens is 499 g/mol. The lowest BCUT2D eigenvalue weighted by Crippen LogP contribution is -2.58. The third-order valence-corrected chi connectivity index (χ3v) is 7.79. The monoisotopic (exact) mass is 526 g/mol. The molecule has 2 aromatic heterocycles. The van der Waals surface area contributed by atoms with Gasteiger partial charge in [0.2, 0.25) is 17.7 Å². The Morgan fingerprint density at radius 3 is 2.89 bits per heavy atom. The van der Waals surface area contributed by atoms with Gasteiger partial charge in [-0.25, -0.2) is 9.37 Å². The number of anilines is 2. The van der Waals surface area contributed by atoms with E-state index in [4.69, 9.17) is 10.5 Å². The van der Waals surface area contributed by atoms with Gasteiger partial charge in [0.25, 0.3) is 0 Å². The van der Waals surface area contributed by atoms with Gasteiger partial charge in [0.15, 0.2) is 0 Å². The smallest absolute Gasteiger partial charge is 0.244 e. The predicted molar refractivity (Wildman–Crippen MR) is 138 cm³/mol. The van der Waals surface area contributed by atoms with Crippen LogP contribution >= 0.6 is 11.8 Å². The molecule has 4 heterocycles. The average molecular weight is 527 g/mol. The summed E-state index contributed by atoms with van der Waals surface area (Å²) in [5.41, 5.74) is 7.62. The molecule has 10 nitrogen and oxygen atoms in total. The number of benzene rings is 1. The fourth-order valence-corrected chi connectivity index (χ4v) is 5.36. The Morgan fingerprint density at radius 1 is 1.35 bits per heavy atom. The van der Waals surface area contributed by atoms with Crippen LogP contribution < -0.4 is 21.1 Å². The van der Waals surface area contributed by atoms with Crippen molar-refractivity contribution in [1.82, 2.24) is 14.9 Å². The second-order valence-electron chi connectivity index (χ2n) is 9.21. The van der Waals surface area contributed by atoms with Crippen LogP contribution in [0.15, 0.2) is 41.4 Å². The Bertz CT molecular complexity index is 1360. The number of fused-ring (bicyclic) bond motifs is 2. The number of carbonyl (C=O) groups excluding carboxylic acids is 2.